The van der Waals surface area contributed by atoms with Gasteiger partial charge >= 0.3 is 22.1 Å². The number of esters is 2. The van der Waals surface area contributed by atoms with Gasteiger partial charge in [0.15, 0.2) is 4.91 Å². The smallest absolute Gasteiger partial charge is 0.359 e. The Morgan fingerprint density at radius 1 is 1.38 bits per heavy atom. The summed E-state index contributed by atoms with van der Waals surface area (Å²) in [6.07, 6.45) is 0.662. The van der Waals surface area contributed by atoms with Crippen LogP contribution in [0.4, 0.5) is 0 Å². The van der Waals surface area contributed by atoms with Crippen LogP contribution in [0.15, 0.2) is 24.1 Å². The van der Waals surface area contributed by atoms with Crippen LogP contribution < -0.4 is 0 Å². The van der Waals surface area contributed by atoms with Gasteiger partial charge in [-0.3, -0.25) is 4.55 Å². The minimum atomic E-state index is -4.71. The molecule has 0 aromatic carbocycles. The largest absolute Gasteiger partial charge is 0.386 e. The average molecular weight is 206 g/mol. The molecule has 0 amide bonds. The molecule has 0 fully saturated rings. The molecule has 0 unspecified atom stereocenters. The second kappa shape index (κ2) is 3.97. The van der Waals surface area contributed by atoms with Gasteiger partial charge < -0.3 is 4.74 Å². The fourth-order valence-electron chi connectivity index (χ4n) is 0.295. The Bertz CT molecular complexity index is 363. The average Bonchev–Trinajstić information content (AvgIpc) is 2.01. The zero-order valence-electron chi connectivity index (χ0n) is 6.39. The number of rotatable bonds is 3. The summed E-state index contributed by atoms with van der Waals surface area (Å²) in [6.45, 7) is 5.68. The second-order valence-corrected chi connectivity index (χ2v) is 3.25. The highest BCUT2D eigenvalue weighted by Crippen LogP contribution is 2.03. The summed E-state index contributed by atoms with van der Waals surface area (Å²) < 4.78 is 32.7. The van der Waals surface area contributed by atoms with Gasteiger partial charge in [0.05, 0.1) is 0 Å². The van der Waals surface area contributed by atoms with E-state index in [9.17, 15) is 18.0 Å². The molecule has 6 nitrogen and oxygen atoms in total. The van der Waals surface area contributed by atoms with Gasteiger partial charge in [-0.1, -0.05) is 13.2 Å². The van der Waals surface area contributed by atoms with Crippen molar-refractivity contribution in [3.8, 4) is 0 Å². The first-order valence-corrected chi connectivity index (χ1v) is 4.28. The number of carbonyl (C=O) groups is 2. The van der Waals surface area contributed by atoms with Crippen LogP contribution in [-0.4, -0.2) is 24.9 Å². The molecule has 0 aromatic heterocycles. The first-order chi connectivity index (χ1) is 5.79. The van der Waals surface area contributed by atoms with Crippen molar-refractivity contribution in [3.63, 3.8) is 0 Å². The molecular formula is C6H6O6S. The Balaban J connectivity index is 4.57. The van der Waals surface area contributed by atoms with Crippen molar-refractivity contribution in [3.05, 3.63) is 24.1 Å². The summed E-state index contributed by atoms with van der Waals surface area (Å²) in [5.74, 6) is -2.66. The highest BCUT2D eigenvalue weighted by molar-refractivity contribution is 7.90. The molecule has 0 aromatic rings. The van der Waals surface area contributed by atoms with Crippen molar-refractivity contribution in [2.45, 2.75) is 0 Å². The summed E-state index contributed by atoms with van der Waals surface area (Å²) >= 11 is 0. The summed E-state index contributed by atoms with van der Waals surface area (Å²) in [7, 11) is -4.71. The Morgan fingerprint density at radius 2 is 1.85 bits per heavy atom. The lowest BCUT2D eigenvalue weighted by Crippen LogP contribution is -2.17. The van der Waals surface area contributed by atoms with Crippen LogP contribution in [0.25, 0.3) is 0 Å². The lowest BCUT2D eigenvalue weighted by molar-refractivity contribution is -0.152. The van der Waals surface area contributed by atoms with Crippen LogP contribution in [0.3, 0.4) is 0 Å². The Morgan fingerprint density at radius 3 is 2.15 bits per heavy atom. The van der Waals surface area contributed by atoms with Gasteiger partial charge in [0.25, 0.3) is 0 Å². The van der Waals surface area contributed by atoms with Crippen molar-refractivity contribution >= 4 is 22.1 Å². The zero-order chi connectivity index (χ0) is 10.6. The van der Waals surface area contributed by atoms with Gasteiger partial charge in [-0.25, -0.2) is 9.59 Å². The Kier molecular flexibility index (Phi) is 3.52. The summed E-state index contributed by atoms with van der Waals surface area (Å²) in [6, 6.07) is 0. The van der Waals surface area contributed by atoms with E-state index in [0.717, 1.165) is 0 Å². The predicted octanol–water partition coefficient (Wildman–Crippen LogP) is -0.356. The van der Waals surface area contributed by atoms with E-state index in [1.54, 1.807) is 0 Å². The summed E-state index contributed by atoms with van der Waals surface area (Å²) in [5.41, 5.74) is 0. The van der Waals surface area contributed by atoms with E-state index in [-0.39, 0.29) is 0 Å². The minimum Gasteiger partial charge on any atom is -0.386 e. The van der Waals surface area contributed by atoms with Crippen LogP contribution >= 0.6 is 0 Å². The highest BCUT2D eigenvalue weighted by Gasteiger charge is 2.22. The van der Waals surface area contributed by atoms with Crippen LogP contribution in [-0.2, 0) is 24.4 Å². The topological polar surface area (TPSA) is 97.7 Å². The Hall–Kier alpha value is -1.47. The number of hydrogen-bond donors (Lipinski definition) is 1. The van der Waals surface area contributed by atoms with Gasteiger partial charge in [-0.05, 0) is 0 Å². The SMILES string of the molecule is C=CC(=O)OC(=O)C(=C)S(=O)(=O)O. The maximum Gasteiger partial charge on any atom is 0.359 e. The molecule has 0 heterocycles. The first kappa shape index (κ1) is 11.5. The van der Waals surface area contributed by atoms with Crippen molar-refractivity contribution < 1.29 is 27.3 Å². The van der Waals surface area contributed by atoms with E-state index < -0.39 is 27.0 Å². The molecule has 0 rings (SSSR count). The van der Waals surface area contributed by atoms with Crippen molar-refractivity contribution in [2.24, 2.45) is 0 Å². The normalized spacial score (nSPS) is 10.2. The Labute approximate surface area is 74.2 Å². The molecule has 0 saturated carbocycles. The van der Waals surface area contributed by atoms with E-state index in [1.807, 2.05) is 0 Å². The number of carbonyl (C=O) groups excluding carboxylic acids is 2. The second-order valence-electron chi connectivity index (χ2n) is 1.81. The molecule has 0 spiro atoms. The van der Waals surface area contributed by atoms with E-state index in [2.05, 4.69) is 17.9 Å². The lowest BCUT2D eigenvalue weighted by Gasteiger charge is -1.99. The predicted molar refractivity (Wildman–Crippen MR) is 42.0 cm³/mol. The number of ether oxygens (including phenoxy) is 1. The molecule has 0 aliphatic rings. The third-order valence-electron chi connectivity index (χ3n) is 0.899. The van der Waals surface area contributed by atoms with E-state index in [0.29, 0.717) is 6.08 Å². The monoisotopic (exact) mass is 206 g/mol. The molecule has 0 atom stereocenters. The quantitative estimate of drug-likeness (QED) is 0.293. The molecular weight excluding hydrogens is 200 g/mol. The molecule has 72 valence electrons. The van der Waals surface area contributed by atoms with Gasteiger partial charge in [0.2, 0.25) is 0 Å². The molecule has 13 heavy (non-hydrogen) atoms. The standard InChI is InChI=1S/C6H6O6S/c1-3-5(7)12-6(8)4(2)13(9,10)11/h3H,1-2H2,(H,9,10,11). The van der Waals surface area contributed by atoms with Gasteiger partial charge in [0, 0.05) is 6.08 Å². The zero-order valence-corrected chi connectivity index (χ0v) is 7.20. The third-order valence-corrected chi connectivity index (χ3v) is 1.69. The van der Waals surface area contributed by atoms with E-state index >= 15 is 0 Å². The molecule has 0 aliphatic heterocycles. The maximum absolute atomic E-state index is 10.6. The van der Waals surface area contributed by atoms with Crippen molar-refractivity contribution in [1.29, 1.82) is 0 Å². The molecule has 0 saturated heterocycles. The molecule has 0 bridgehead atoms. The minimum absolute atomic E-state index is 0.662. The first-order valence-electron chi connectivity index (χ1n) is 2.84. The van der Waals surface area contributed by atoms with Crippen LogP contribution in [0.1, 0.15) is 0 Å². The van der Waals surface area contributed by atoms with Crippen molar-refractivity contribution in [1.82, 2.24) is 0 Å². The molecule has 0 radical (unpaired) electrons. The maximum atomic E-state index is 10.6. The highest BCUT2D eigenvalue weighted by atomic mass is 32.2. The van der Waals surface area contributed by atoms with Gasteiger partial charge in [0.1, 0.15) is 0 Å². The summed E-state index contributed by atoms with van der Waals surface area (Å²) in [5, 5.41) is 0. The van der Waals surface area contributed by atoms with E-state index in [4.69, 9.17) is 4.55 Å². The molecule has 7 heteroatoms. The van der Waals surface area contributed by atoms with Gasteiger partial charge in [-0.2, -0.15) is 8.42 Å². The van der Waals surface area contributed by atoms with E-state index in [1.165, 1.54) is 0 Å². The van der Waals surface area contributed by atoms with Crippen molar-refractivity contribution in [2.75, 3.05) is 0 Å². The van der Waals surface area contributed by atoms with Crippen LogP contribution in [0.2, 0.25) is 0 Å². The summed E-state index contributed by atoms with van der Waals surface area (Å²) in [4.78, 5) is 19.8. The molecule has 0 aliphatic carbocycles. The third kappa shape index (κ3) is 3.63. The lowest BCUT2D eigenvalue weighted by atomic mass is 10.6. The van der Waals surface area contributed by atoms with Crippen LogP contribution in [0.5, 0.6) is 0 Å². The van der Waals surface area contributed by atoms with Gasteiger partial charge in [-0.15, -0.1) is 0 Å². The molecule has 1 N–H and O–H groups in total. The fourth-order valence-corrected chi connectivity index (χ4v) is 0.548. The van der Waals surface area contributed by atoms with Crippen LogP contribution in [0, 0.1) is 0 Å². The fraction of sp³-hybridized carbons (Fsp3) is 0. The number of hydrogen-bond acceptors (Lipinski definition) is 5.